The van der Waals surface area contributed by atoms with Crippen LogP contribution in [0.15, 0.2) is 0 Å². The summed E-state index contributed by atoms with van der Waals surface area (Å²) in [6.45, 7) is 4.78. The number of hydrogen-bond acceptors (Lipinski definition) is 3. The smallest absolute Gasteiger partial charge is 0.251 e. The topological polar surface area (TPSA) is 32.8 Å². The van der Waals surface area contributed by atoms with Gasteiger partial charge in [0.25, 0.3) is 5.91 Å². The Morgan fingerprint density at radius 1 is 0.913 bits per heavy atom. The maximum atomic E-state index is 12.5. The molecule has 4 saturated carbocycles. The van der Waals surface area contributed by atoms with Crippen LogP contribution in [-0.4, -0.2) is 60.1 Å². The molecule has 2 aliphatic heterocycles. The van der Waals surface area contributed by atoms with Crippen LogP contribution in [0.4, 0.5) is 0 Å². The van der Waals surface area contributed by atoms with E-state index in [0.29, 0.717) is 5.54 Å². The fourth-order valence-electron chi connectivity index (χ4n) is 6.83. The first-order valence-electron chi connectivity index (χ1n) is 9.87. The summed E-state index contributed by atoms with van der Waals surface area (Å²) in [4.78, 5) is 17.4. The lowest BCUT2D eigenvalue weighted by Crippen LogP contribution is -2.64. The van der Waals surface area contributed by atoms with E-state index in [-0.39, 0.29) is 12.0 Å². The van der Waals surface area contributed by atoms with Crippen molar-refractivity contribution in [2.24, 2.45) is 17.8 Å². The van der Waals surface area contributed by atoms with Crippen LogP contribution >= 0.6 is 0 Å². The monoisotopic (exact) mass is 318 g/mol. The number of carbonyl (C=O) groups excluding carboxylic acids is 1. The largest absolute Gasteiger partial charge is 0.368 e. The van der Waals surface area contributed by atoms with E-state index < -0.39 is 0 Å². The van der Waals surface area contributed by atoms with E-state index in [1.807, 2.05) is 0 Å². The van der Waals surface area contributed by atoms with Crippen molar-refractivity contribution < 1.29 is 9.53 Å². The van der Waals surface area contributed by atoms with Crippen LogP contribution in [0.3, 0.4) is 0 Å². The van der Waals surface area contributed by atoms with Crippen molar-refractivity contribution in [1.82, 2.24) is 9.80 Å². The predicted octanol–water partition coefficient (Wildman–Crippen LogP) is 2.28. The number of hydrogen-bond donors (Lipinski definition) is 0. The summed E-state index contributed by atoms with van der Waals surface area (Å²) in [6, 6.07) is 0. The Morgan fingerprint density at radius 2 is 1.52 bits per heavy atom. The number of rotatable bonds is 2. The van der Waals surface area contributed by atoms with Crippen molar-refractivity contribution in [2.45, 2.75) is 63.0 Å². The molecule has 0 aromatic rings. The molecule has 4 nitrogen and oxygen atoms in total. The Bertz CT molecular complexity index is 442. The van der Waals surface area contributed by atoms with Gasteiger partial charge in [0.15, 0.2) is 0 Å². The maximum absolute atomic E-state index is 12.5. The number of ether oxygens (including phenoxy) is 1. The quantitative estimate of drug-likeness (QED) is 0.783. The van der Waals surface area contributed by atoms with Crippen LogP contribution in [0, 0.1) is 17.8 Å². The Kier molecular flexibility index (Phi) is 3.49. The van der Waals surface area contributed by atoms with Crippen LogP contribution in [0.25, 0.3) is 0 Å². The number of carbonyl (C=O) groups is 1. The molecule has 1 amide bonds. The molecule has 0 radical (unpaired) electrons. The Morgan fingerprint density at radius 3 is 2.04 bits per heavy atom. The molecule has 6 fully saturated rings. The van der Waals surface area contributed by atoms with Gasteiger partial charge in [0, 0.05) is 38.3 Å². The standard InChI is InChI=1S/C19H30N2O2/c22-18(17-2-1-7-23-17)20-3-5-21(6-4-20)19-11-14-8-15(12-19)10-16(9-14)13-19/h14-17H,1-13H2/t14?,15?,16?,17-,19?/m1/s1. The Hall–Kier alpha value is -0.610. The molecule has 2 heterocycles. The molecule has 0 aromatic carbocycles. The summed E-state index contributed by atoms with van der Waals surface area (Å²) in [5.41, 5.74) is 0.508. The van der Waals surface area contributed by atoms with Crippen LogP contribution in [0.2, 0.25) is 0 Å². The summed E-state index contributed by atoms with van der Waals surface area (Å²) in [6.07, 6.45) is 10.7. The lowest BCUT2D eigenvalue weighted by molar-refractivity contribution is -0.147. The molecule has 0 unspecified atom stereocenters. The van der Waals surface area contributed by atoms with Gasteiger partial charge in [0.1, 0.15) is 6.10 Å². The van der Waals surface area contributed by atoms with Crippen molar-refractivity contribution in [3.05, 3.63) is 0 Å². The second kappa shape index (κ2) is 5.45. The Balaban J connectivity index is 1.24. The summed E-state index contributed by atoms with van der Waals surface area (Å²) in [5, 5.41) is 0. The van der Waals surface area contributed by atoms with E-state index >= 15 is 0 Å². The number of amides is 1. The first kappa shape index (κ1) is 14.7. The molecule has 0 spiro atoms. The van der Waals surface area contributed by atoms with E-state index in [4.69, 9.17) is 4.74 Å². The van der Waals surface area contributed by atoms with E-state index in [1.165, 1.54) is 38.5 Å². The molecular weight excluding hydrogens is 288 g/mol. The zero-order chi connectivity index (χ0) is 15.4. The minimum atomic E-state index is -0.138. The third-order valence-electron chi connectivity index (χ3n) is 7.47. The molecule has 4 bridgehead atoms. The molecule has 1 atom stereocenters. The van der Waals surface area contributed by atoms with Gasteiger partial charge in [-0.05, 0) is 69.1 Å². The van der Waals surface area contributed by atoms with Gasteiger partial charge >= 0.3 is 0 Å². The van der Waals surface area contributed by atoms with Crippen molar-refractivity contribution in [3.8, 4) is 0 Å². The minimum Gasteiger partial charge on any atom is -0.368 e. The van der Waals surface area contributed by atoms with Crippen molar-refractivity contribution in [3.63, 3.8) is 0 Å². The molecule has 4 aliphatic carbocycles. The molecule has 0 N–H and O–H groups in total. The molecule has 4 heteroatoms. The lowest BCUT2D eigenvalue weighted by atomic mass is 9.52. The highest BCUT2D eigenvalue weighted by Gasteiger charge is 2.53. The highest BCUT2D eigenvalue weighted by atomic mass is 16.5. The van der Waals surface area contributed by atoms with Crippen LogP contribution in [0.1, 0.15) is 51.4 Å². The zero-order valence-electron chi connectivity index (χ0n) is 14.2. The van der Waals surface area contributed by atoms with Crippen LogP contribution in [-0.2, 0) is 9.53 Å². The number of nitrogens with zero attached hydrogens (tertiary/aromatic N) is 2. The summed E-state index contributed by atoms with van der Waals surface area (Å²) >= 11 is 0. The SMILES string of the molecule is O=C([C@H]1CCCO1)N1CCN(C23CC4CC(CC(C4)C2)C3)CC1. The van der Waals surface area contributed by atoms with Crippen molar-refractivity contribution in [2.75, 3.05) is 32.8 Å². The highest BCUT2D eigenvalue weighted by molar-refractivity contribution is 5.81. The maximum Gasteiger partial charge on any atom is 0.251 e. The van der Waals surface area contributed by atoms with Gasteiger partial charge in [-0.2, -0.15) is 0 Å². The first-order chi connectivity index (χ1) is 11.2. The zero-order valence-corrected chi connectivity index (χ0v) is 14.2. The molecule has 0 aromatic heterocycles. The second-order valence-electron chi connectivity index (χ2n) is 8.96. The van der Waals surface area contributed by atoms with Crippen LogP contribution < -0.4 is 0 Å². The summed E-state index contributed by atoms with van der Waals surface area (Å²) in [5.74, 6) is 3.28. The molecule has 128 valence electrons. The molecule has 2 saturated heterocycles. The van der Waals surface area contributed by atoms with Gasteiger partial charge in [-0.1, -0.05) is 0 Å². The van der Waals surface area contributed by atoms with Crippen molar-refractivity contribution in [1.29, 1.82) is 0 Å². The minimum absolute atomic E-state index is 0.138. The fourth-order valence-corrected chi connectivity index (χ4v) is 6.83. The molecule has 23 heavy (non-hydrogen) atoms. The molecule has 6 rings (SSSR count). The van der Waals surface area contributed by atoms with Gasteiger partial charge in [0.2, 0.25) is 0 Å². The number of piperazine rings is 1. The molecule has 6 aliphatic rings. The van der Waals surface area contributed by atoms with E-state index in [1.54, 1.807) is 0 Å². The second-order valence-corrected chi connectivity index (χ2v) is 8.96. The van der Waals surface area contributed by atoms with Crippen molar-refractivity contribution >= 4 is 5.91 Å². The average molecular weight is 318 g/mol. The van der Waals surface area contributed by atoms with Gasteiger partial charge < -0.3 is 9.64 Å². The van der Waals surface area contributed by atoms with Crippen LogP contribution in [0.5, 0.6) is 0 Å². The normalized spacial score (nSPS) is 46.5. The van der Waals surface area contributed by atoms with E-state index in [0.717, 1.165) is 63.4 Å². The summed E-state index contributed by atoms with van der Waals surface area (Å²) < 4.78 is 5.59. The van der Waals surface area contributed by atoms with Gasteiger partial charge in [-0.15, -0.1) is 0 Å². The van der Waals surface area contributed by atoms with Gasteiger partial charge in [0.05, 0.1) is 0 Å². The molecular formula is C19H30N2O2. The average Bonchev–Trinajstić information content (AvgIpc) is 3.07. The van der Waals surface area contributed by atoms with E-state index in [2.05, 4.69) is 9.80 Å². The van der Waals surface area contributed by atoms with Gasteiger partial charge in [-0.3, -0.25) is 9.69 Å². The third-order valence-corrected chi connectivity index (χ3v) is 7.47. The third kappa shape index (κ3) is 2.44. The summed E-state index contributed by atoms with van der Waals surface area (Å²) in [7, 11) is 0. The lowest BCUT2D eigenvalue weighted by Gasteiger charge is -2.61. The highest BCUT2D eigenvalue weighted by Crippen LogP contribution is 2.57. The fraction of sp³-hybridized carbons (Fsp3) is 0.947. The Labute approximate surface area is 139 Å². The first-order valence-corrected chi connectivity index (χ1v) is 9.87. The van der Waals surface area contributed by atoms with E-state index in [9.17, 15) is 4.79 Å². The predicted molar refractivity (Wildman–Crippen MR) is 88.0 cm³/mol. The van der Waals surface area contributed by atoms with Gasteiger partial charge in [-0.25, -0.2) is 0 Å².